The lowest BCUT2D eigenvalue weighted by molar-refractivity contribution is 0.157. The Balaban J connectivity index is 2.14. The van der Waals surface area contributed by atoms with Gasteiger partial charge in [-0.15, -0.1) is 0 Å². The molecule has 1 aliphatic carbocycles. The zero-order valence-corrected chi connectivity index (χ0v) is 12.5. The molecule has 2 rings (SSSR count). The second-order valence-electron chi connectivity index (χ2n) is 5.40. The Morgan fingerprint density at radius 1 is 1.44 bits per heavy atom. The monoisotopic (exact) mass is 266 g/mol. The van der Waals surface area contributed by atoms with Gasteiger partial charge in [0.2, 0.25) is 0 Å². The van der Waals surface area contributed by atoms with Crippen molar-refractivity contribution in [3.05, 3.63) is 22.4 Å². The van der Waals surface area contributed by atoms with Crippen LogP contribution in [0.4, 0.5) is 0 Å². The Morgan fingerprint density at radius 2 is 2.22 bits per heavy atom. The Labute approximate surface area is 115 Å². The van der Waals surface area contributed by atoms with E-state index in [0.29, 0.717) is 6.04 Å². The molecule has 1 heterocycles. The summed E-state index contributed by atoms with van der Waals surface area (Å²) in [7, 11) is 0. The lowest BCUT2D eigenvalue weighted by Gasteiger charge is -2.35. The van der Waals surface area contributed by atoms with Gasteiger partial charge < -0.3 is 5.73 Å². The lowest BCUT2D eigenvalue weighted by atomic mass is 9.98. The van der Waals surface area contributed by atoms with Crippen LogP contribution in [0.5, 0.6) is 0 Å². The standard InChI is InChI=1S/C15H26N2S/c1-3-5-9-17(13-6-7-13)15(14(16)4-2)12-8-10-18-11-12/h8,10-11,13-15H,3-7,9,16H2,1-2H3. The predicted octanol–water partition coefficient (Wildman–Crippen LogP) is 3.79. The van der Waals surface area contributed by atoms with Crippen molar-refractivity contribution in [3.63, 3.8) is 0 Å². The van der Waals surface area contributed by atoms with Gasteiger partial charge in [-0.25, -0.2) is 0 Å². The highest BCUT2D eigenvalue weighted by atomic mass is 32.1. The number of unbranched alkanes of at least 4 members (excludes halogenated alkanes) is 1. The zero-order chi connectivity index (χ0) is 13.0. The smallest absolute Gasteiger partial charge is 0.0510 e. The highest BCUT2D eigenvalue weighted by Crippen LogP contribution is 2.37. The van der Waals surface area contributed by atoms with Gasteiger partial charge in [-0.2, -0.15) is 11.3 Å². The molecular formula is C15H26N2S. The molecule has 0 amide bonds. The minimum Gasteiger partial charge on any atom is -0.326 e. The first-order chi connectivity index (χ1) is 8.77. The zero-order valence-electron chi connectivity index (χ0n) is 11.6. The predicted molar refractivity (Wildman–Crippen MR) is 80.0 cm³/mol. The molecule has 1 aliphatic rings. The average Bonchev–Trinajstić information content (AvgIpc) is 3.09. The van der Waals surface area contributed by atoms with Gasteiger partial charge in [0.25, 0.3) is 0 Å². The van der Waals surface area contributed by atoms with E-state index in [-0.39, 0.29) is 6.04 Å². The molecule has 1 saturated carbocycles. The van der Waals surface area contributed by atoms with E-state index < -0.39 is 0 Å². The number of nitrogens with two attached hydrogens (primary N) is 1. The van der Waals surface area contributed by atoms with Crippen LogP contribution in [-0.4, -0.2) is 23.5 Å². The Hall–Kier alpha value is -0.380. The van der Waals surface area contributed by atoms with E-state index in [9.17, 15) is 0 Å². The maximum absolute atomic E-state index is 6.41. The molecule has 1 fully saturated rings. The number of nitrogens with zero attached hydrogens (tertiary/aromatic N) is 1. The van der Waals surface area contributed by atoms with Crippen LogP contribution in [0.25, 0.3) is 0 Å². The van der Waals surface area contributed by atoms with Crippen LogP contribution in [0, 0.1) is 0 Å². The van der Waals surface area contributed by atoms with Crippen LogP contribution in [0.15, 0.2) is 16.8 Å². The van der Waals surface area contributed by atoms with Gasteiger partial charge in [0.1, 0.15) is 0 Å². The van der Waals surface area contributed by atoms with Gasteiger partial charge in [0.05, 0.1) is 6.04 Å². The summed E-state index contributed by atoms with van der Waals surface area (Å²) in [6.45, 7) is 5.68. The Kier molecular flexibility index (Phi) is 5.22. The van der Waals surface area contributed by atoms with E-state index >= 15 is 0 Å². The fraction of sp³-hybridized carbons (Fsp3) is 0.733. The summed E-state index contributed by atoms with van der Waals surface area (Å²) in [4.78, 5) is 2.68. The fourth-order valence-corrected chi connectivity index (χ4v) is 3.34. The summed E-state index contributed by atoms with van der Waals surface area (Å²) in [5.41, 5.74) is 7.84. The second-order valence-corrected chi connectivity index (χ2v) is 6.18. The van der Waals surface area contributed by atoms with Crippen molar-refractivity contribution in [2.45, 2.75) is 64.1 Å². The number of rotatable bonds is 8. The van der Waals surface area contributed by atoms with Crippen LogP contribution < -0.4 is 5.73 Å². The third-order valence-electron chi connectivity index (χ3n) is 3.90. The number of thiophene rings is 1. The van der Waals surface area contributed by atoms with Crippen LogP contribution in [0.2, 0.25) is 0 Å². The summed E-state index contributed by atoms with van der Waals surface area (Å²) < 4.78 is 0. The van der Waals surface area contributed by atoms with E-state index in [0.717, 1.165) is 12.5 Å². The van der Waals surface area contributed by atoms with Crippen molar-refractivity contribution >= 4 is 11.3 Å². The number of hydrogen-bond acceptors (Lipinski definition) is 3. The van der Waals surface area contributed by atoms with E-state index in [4.69, 9.17) is 5.73 Å². The number of hydrogen-bond donors (Lipinski definition) is 1. The highest BCUT2D eigenvalue weighted by Gasteiger charge is 2.36. The van der Waals surface area contributed by atoms with Crippen LogP contribution in [0.1, 0.15) is 57.6 Å². The fourth-order valence-electron chi connectivity index (χ4n) is 2.65. The van der Waals surface area contributed by atoms with Crippen molar-refractivity contribution in [1.29, 1.82) is 0 Å². The van der Waals surface area contributed by atoms with E-state index in [2.05, 4.69) is 35.6 Å². The minimum atomic E-state index is 0.261. The summed E-state index contributed by atoms with van der Waals surface area (Å²) >= 11 is 1.79. The quantitative estimate of drug-likeness (QED) is 0.775. The van der Waals surface area contributed by atoms with Crippen LogP contribution >= 0.6 is 11.3 Å². The van der Waals surface area contributed by atoms with Crippen molar-refractivity contribution in [1.82, 2.24) is 4.90 Å². The van der Waals surface area contributed by atoms with Gasteiger partial charge in [-0.05, 0) is 54.6 Å². The molecule has 2 N–H and O–H groups in total. The molecule has 0 spiro atoms. The maximum Gasteiger partial charge on any atom is 0.0510 e. The van der Waals surface area contributed by atoms with Crippen molar-refractivity contribution < 1.29 is 0 Å². The third-order valence-corrected chi connectivity index (χ3v) is 4.61. The van der Waals surface area contributed by atoms with Crippen molar-refractivity contribution in [2.75, 3.05) is 6.54 Å². The summed E-state index contributed by atoms with van der Waals surface area (Å²) in [5.74, 6) is 0. The molecule has 1 aromatic rings. The van der Waals surface area contributed by atoms with Crippen molar-refractivity contribution in [2.24, 2.45) is 5.73 Å². The summed E-state index contributed by atoms with van der Waals surface area (Å²) in [6.07, 6.45) is 6.33. The molecular weight excluding hydrogens is 240 g/mol. The Morgan fingerprint density at radius 3 is 2.72 bits per heavy atom. The molecule has 2 unspecified atom stereocenters. The topological polar surface area (TPSA) is 29.3 Å². The normalized spacial score (nSPS) is 19.1. The maximum atomic E-state index is 6.41. The first-order valence-corrected chi connectivity index (χ1v) is 8.25. The van der Waals surface area contributed by atoms with Gasteiger partial charge in [0.15, 0.2) is 0 Å². The van der Waals surface area contributed by atoms with E-state index in [1.165, 1.54) is 37.8 Å². The molecule has 0 bridgehead atoms. The van der Waals surface area contributed by atoms with Gasteiger partial charge in [0, 0.05) is 12.1 Å². The Bertz CT molecular complexity index is 332. The average molecular weight is 266 g/mol. The molecule has 0 aliphatic heterocycles. The van der Waals surface area contributed by atoms with E-state index in [1.54, 1.807) is 11.3 Å². The third kappa shape index (κ3) is 3.34. The summed E-state index contributed by atoms with van der Waals surface area (Å²) in [5, 5.41) is 4.46. The first kappa shape index (κ1) is 14.0. The molecule has 0 saturated heterocycles. The molecule has 102 valence electrons. The summed E-state index contributed by atoms with van der Waals surface area (Å²) in [6, 6.07) is 3.74. The van der Waals surface area contributed by atoms with Gasteiger partial charge in [-0.3, -0.25) is 4.90 Å². The van der Waals surface area contributed by atoms with E-state index in [1.807, 2.05) is 0 Å². The molecule has 0 aromatic carbocycles. The molecule has 0 radical (unpaired) electrons. The molecule has 1 aromatic heterocycles. The molecule has 2 nitrogen and oxygen atoms in total. The minimum absolute atomic E-state index is 0.261. The molecule has 18 heavy (non-hydrogen) atoms. The molecule has 2 atom stereocenters. The van der Waals surface area contributed by atoms with Gasteiger partial charge in [-0.1, -0.05) is 20.3 Å². The molecule has 3 heteroatoms. The second kappa shape index (κ2) is 6.69. The van der Waals surface area contributed by atoms with Crippen LogP contribution in [0.3, 0.4) is 0 Å². The largest absolute Gasteiger partial charge is 0.326 e. The van der Waals surface area contributed by atoms with Gasteiger partial charge >= 0.3 is 0 Å². The lowest BCUT2D eigenvalue weighted by Crippen LogP contribution is -2.42. The highest BCUT2D eigenvalue weighted by molar-refractivity contribution is 7.07. The van der Waals surface area contributed by atoms with Crippen molar-refractivity contribution in [3.8, 4) is 0 Å². The first-order valence-electron chi connectivity index (χ1n) is 7.31. The SMILES string of the molecule is CCCCN(C1CC1)C(c1ccsc1)C(N)CC. The van der Waals surface area contributed by atoms with Crippen LogP contribution in [-0.2, 0) is 0 Å².